The number of aryl methyl sites for hydroxylation is 1. The van der Waals surface area contributed by atoms with Gasteiger partial charge in [0.1, 0.15) is 11.5 Å². The highest BCUT2D eigenvalue weighted by Gasteiger charge is 2.28. The molecule has 0 aliphatic carbocycles. The number of nitrogens with zero attached hydrogens (tertiary/aromatic N) is 2. The quantitative estimate of drug-likeness (QED) is 0.290. The first-order valence-corrected chi connectivity index (χ1v) is 12.8. The molecular weight excluding hydrogens is 460 g/mol. The van der Waals surface area contributed by atoms with Gasteiger partial charge >= 0.3 is 0 Å². The van der Waals surface area contributed by atoms with Gasteiger partial charge in [0.15, 0.2) is 0 Å². The Balaban J connectivity index is 1.61. The summed E-state index contributed by atoms with van der Waals surface area (Å²) >= 11 is 0. The molecule has 35 heavy (non-hydrogen) atoms. The molecule has 0 saturated carbocycles. The molecule has 0 fully saturated rings. The van der Waals surface area contributed by atoms with Crippen molar-refractivity contribution in [3.8, 4) is 0 Å². The van der Waals surface area contributed by atoms with Gasteiger partial charge in [-0.2, -0.15) is 4.31 Å². The molecule has 3 aromatic carbocycles. The second-order valence-electron chi connectivity index (χ2n) is 8.34. The molecule has 4 rings (SSSR count). The van der Waals surface area contributed by atoms with Crippen LogP contribution < -0.4 is 0 Å². The second kappa shape index (κ2) is 10.7. The van der Waals surface area contributed by atoms with Crippen LogP contribution in [-0.2, 0) is 27.9 Å². The smallest absolute Gasteiger partial charge is 0.243 e. The van der Waals surface area contributed by atoms with Crippen molar-refractivity contribution in [3.05, 3.63) is 115 Å². The lowest BCUT2D eigenvalue weighted by Gasteiger charge is -2.26. The van der Waals surface area contributed by atoms with Gasteiger partial charge in [-0.05, 0) is 47.5 Å². The van der Waals surface area contributed by atoms with Gasteiger partial charge in [0.05, 0.1) is 18.0 Å². The van der Waals surface area contributed by atoms with Gasteiger partial charge < -0.3 is 9.32 Å². The zero-order valence-corrected chi connectivity index (χ0v) is 20.4. The summed E-state index contributed by atoms with van der Waals surface area (Å²) in [5.74, 6) is 1.06. The summed E-state index contributed by atoms with van der Waals surface area (Å²) < 4.78 is 33.9. The average Bonchev–Trinajstić information content (AvgIpc) is 3.28. The predicted octanol–water partition coefficient (Wildman–Crippen LogP) is 5.15. The van der Waals surface area contributed by atoms with E-state index in [1.54, 1.807) is 23.1 Å². The van der Waals surface area contributed by atoms with Gasteiger partial charge in [-0.25, -0.2) is 8.42 Å². The molecule has 1 aromatic heterocycles. The van der Waals surface area contributed by atoms with Crippen LogP contribution in [0.15, 0.2) is 107 Å². The number of hydrogen-bond donors (Lipinski definition) is 0. The van der Waals surface area contributed by atoms with Crippen molar-refractivity contribution < 1.29 is 17.6 Å². The molecule has 4 aromatic rings. The van der Waals surface area contributed by atoms with E-state index in [2.05, 4.69) is 6.58 Å². The first-order chi connectivity index (χ1) is 16.9. The minimum atomic E-state index is -3.93. The third-order valence-corrected chi connectivity index (χ3v) is 7.52. The van der Waals surface area contributed by atoms with Gasteiger partial charge in [-0.1, -0.05) is 66.7 Å². The van der Waals surface area contributed by atoms with Crippen molar-refractivity contribution in [3.63, 3.8) is 0 Å². The molecule has 0 bridgehead atoms. The third-order valence-electron chi connectivity index (χ3n) is 5.71. The molecule has 7 heteroatoms. The van der Waals surface area contributed by atoms with Gasteiger partial charge in [-0.15, -0.1) is 6.58 Å². The van der Waals surface area contributed by atoms with E-state index < -0.39 is 10.0 Å². The summed E-state index contributed by atoms with van der Waals surface area (Å²) in [5, 5.41) is 1.76. The van der Waals surface area contributed by atoms with Crippen LogP contribution in [-0.4, -0.2) is 36.6 Å². The van der Waals surface area contributed by atoms with Gasteiger partial charge in [0.2, 0.25) is 15.9 Å². The third kappa shape index (κ3) is 5.88. The summed E-state index contributed by atoms with van der Waals surface area (Å²) in [6.07, 6.45) is 1.49. The van der Waals surface area contributed by atoms with Crippen LogP contribution in [0.2, 0.25) is 0 Å². The monoisotopic (exact) mass is 488 g/mol. The van der Waals surface area contributed by atoms with E-state index in [0.29, 0.717) is 12.3 Å². The summed E-state index contributed by atoms with van der Waals surface area (Å²) in [7, 11) is -3.93. The molecule has 1 amide bonds. The Hall–Kier alpha value is -3.68. The van der Waals surface area contributed by atoms with Crippen LogP contribution in [0.1, 0.15) is 17.1 Å². The number of furan rings is 1. The van der Waals surface area contributed by atoms with E-state index in [1.165, 1.54) is 6.08 Å². The molecular formula is C28H28N2O4S. The fourth-order valence-corrected chi connectivity index (χ4v) is 5.31. The molecule has 0 saturated heterocycles. The fraction of sp³-hybridized carbons (Fsp3) is 0.179. The van der Waals surface area contributed by atoms with Crippen LogP contribution in [0.4, 0.5) is 0 Å². The van der Waals surface area contributed by atoms with Crippen LogP contribution >= 0.6 is 0 Å². The van der Waals surface area contributed by atoms with Crippen LogP contribution in [0.3, 0.4) is 0 Å². The van der Waals surface area contributed by atoms with E-state index in [4.69, 9.17) is 4.42 Å². The molecule has 0 aliphatic rings. The largest absolute Gasteiger partial charge is 0.464 e. The minimum absolute atomic E-state index is 0.0138. The summed E-state index contributed by atoms with van der Waals surface area (Å²) in [4.78, 5) is 15.2. The van der Waals surface area contributed by atoms with Gasteiger partial charge in [-0.3, -0.25) is 4.79 Å². The number of rotatable bonds is 10. The molecule has 0 atom stereocenters. The lowest BCUT2D eigenvalue weighted by atomic mass is 10.1. The molecule has 180 valence electrons. The Labute approximate surface area is 206 Å². The van der Waals surface area contributed by atoms with Crippen LogP contribution in [0.5, 0.6) is 0 Å². The first kappa shape index (κ1) is 24.4. The Bertz CT molecular complexity index is 1430. The highest BCUT2D eigenvalue weighted by Crippen LogP contribution is 2.23. The molecule has 0 unspecified atom stereocenters. The molecule has 0 spiro atoms. The summed E-state index contributed by atoms with van der Waals surface area (Å²) in [6, 6.07) is 25.8. The summed E-state index contributed by atoms with van der Waals surface area (Å²) in [5.41, 5.74) is 0.941. The first-order valence-electron chi connectivity index (χ1n) is 11.3. The predicted molar refractivity (Wildman–Crippen MR) is 137 cm³/mol. The Morgan fingerprint density at radius 3 is 2.31 bits per heavy atom. The maximum absolute atomic E-state index is 13.5. The number of benzene rings is 3. The molecule has 0 aliphatic heterocycles. The molecule has 0 N–H and O–H groups in total. The van der Waals surface area contributed by atoms with E-state index in [-0.39, 0.29) is 30.4 Å². The topological polar surface area (TPSA) is 70.8 Å². The zero-order valence-electron chi connectivity index (χ0n) is 19.6. The SMILES string of the molecule is C=CCN(CC(=O)N(Cc1ccccc1)Cc1ccc(C)o1)S(=O)(=O)c1ccc2ccccc2c1. The van der Waals surface area contributed by atoms with E-state index in [1.807, 2.05) is 73.7 Å². The van der Waals surface area contributed by atoms with Gasteiger partial charge in [0.25, 0.3) is 0 Å². The normalized spacial score (nSPS) is 11.6. The molecule has 6 nitrogen and oxygen atoms in total. The van der Waals surface area contributed by atoms with Crippen molar-refractivity contribution in [2.24, 2.45) is 0 Å². The number of sulfonamides is 1. The maximum Gasteiger partial charge on any atom is 0.243 e. The van der Waals surface area contributed by atoms with E-state index >= 15 is 0 Å². The number of carbonyl (C=O) groups excluding carboxylic acids is 1. The van der Waals surface area contributed by atoms with Crippen LogP contribution in [0.25, 0.3) is 10.8 Å². The van der Waals surface area contributed by atoms with E-state index in [0.717, 1.165) is 26.4 Å². The Morgan fingerprint density at radius 1 is 0.914 bits per heavy atom. The Kier molecular flexibility index (Phi) is 7.48. The van der Waals surface area contributed by atoms with E-state index in [9.17, 15) is 13.2 Å². The van der Waals surface area contributed by atoms with Crippen LogP contribution in [0, 0.1) is 6.92 Å². The Morgan fingerprint density at radius 2 is 1.63 bits per heavy atom. The van der Waals surface area contributed by atoms with Crippen molar-refractivity contribution in [2.75, 3.05) is 13.1 Å². The number of carbonyl (C=O) groups is 1. The van der Waals surface area contributed by atoms with Crippen molar-refractivity contribution >= 4 is 26.7 Å². The highest BCUT2D eigenvalue weighted by atomic mass is 32.2. The highest BCUT2D eigenvalue weighted by molar-refractivity contribution is 7.89. The zero-order chi connectivity index (χ0) is 24.8. The molecule has 0 radical (unpaired) electrons. The lowest BCUT2D eigenvalue weighted by molar-refractivity contribution is -0.132. The standard InChI is InChI=1S/C28H28N2O4S/c1-3-17-30(35(32,33)27-16-14-24-11-7-8-12-25(24)18-27)21-28(31)29(19-23-9-5-4-6-10-23)20-26-15-13-22(2)34-26/h3-16,18H,1,17,19-21H2,2H3. The summed E-state index contributed by atoms with van der Waals surface area (Å²) in [6.45, 7) is 5.81. The number of fused-ring (bicyclic) bond motifs is 1. The number of amides is 1. The van der Waals surface area contributed by atoms with Crippen molar-refractivity contribution in [2.45, 2.75) is 24.9 Å². The van der Waals surface area contributed by atoms with Crippen molar-refractivity contribution in [1.29, 1.82) is 0 Å². The van der Waals surface area contributed by atoms with Gasteiger partial charge in [0, 0.05) is 13.1 Å². The fourth-order valence-electron chi connectivity index (χ4n) is 3.91. The molecule has 1 heterocycles. The number of hydrogen-bond acceptors (Lipinski definition) is 4. The lowest BCUT2D eigenvalue weighted by Crippen LogP contribution is -2.42. The van der Waals surface area contributed by atoms with Crippen molar-refractivity contribution in [1.82, 2.24) is 9.21 Å². The maximum atomic E-state index is 13.5. The second-order valence-corrected chi connectivity index (χ2v) is 10.3. The average molecular weight is 489 g/mol. The minimum Gasteiger partial charge on any atom is -0.464 e.